The van der Waals surface area contributed by atoms with Crippen LogP contribution in [0.1, 0.15) is 55.8 Å². The van der Waals surface area contributed by atoms with Gasteiger partial charge in [0.1, 0.15) is 0 Å². The van der Waals surface area contributed by atoms with Crippen LogP contribution in [-0.4, -0.2) is 36.0 Å². The molecule has 1 aliphatic heterocycles. The molecule has 3 rings (SSSR count). The third-order valence-corrected chi connectivity index (χ3v) is 5.21. The van der Waals surface area contributed by atoms with Gasteiger partial charge in [0.15, 0.2) is 0 Å². The quantitative estimate of drug-likeness (QED) is 0.889. The van der Waals surface area contributed by atoms with E-state index in [2.05, 4.69) is 17.6 Å². The Bertz CT molecular complexity index is 579. The Morgan fingerprint density at radius 1 is 1.00 bits per heavy atom. The molecule has 1 aromatic rings. The number of nitrogens with one attached hydrogen (secondary N) is 2. The van der Waals surface area contributed by atoms with Crippen LogP contribution in [0, 0.1) is 5.92 Å². The molecule has 5 nitrogen and oxygen atoms in total. The summed E-state index contributed by atoms with van der Waals surface area (Å²) in [6.45, 7) is 3.89. The molecule has 2 aliphatic rings. The van der Waals surface area contributed by atoms with Crippen LogP contribution >= 0.6 is 0 Å². The number of hydrogen-bond acceptors (Lipinski definition) is 2. The Balaban J connectivity index is 1.53. The van der Waals surface area contributed by atoms with Gasteiger partial charge in [0.05, 0.1) is 0 Å². The first kappa shape index (κ1) is 16.8. The monoisotopic (exact) mass is 329 g/mol. The molecule has 1 aromatic carbocycles. The average molecular weight is 329 g/mol. The summed E-state index contributed by atoms with van der Waals surface area (Å²) in [7, 11) is 0. The van der Waals surface area contributed by atoms with Crippen molar-refractivity contribution in [3.05, 3.63) is 29.8 Å². The van der Waals surface area contributed by atoms with Crippen molar-refractivity contribution in [3.8, 4) is 0 Å². The molecule has 1 saturated heterocycles. The summed E-state index contributed by atoms with van der Waals surface area (Å²) in [5.41, 5.74) is 1.40. The molecule has 5 heteroatoms. The number of rotatable bonds is 3. The molecule has 0 radical (unpaired) electrons. The minimum atomic E-state index is -0.160. The van der Waals surface area contributed by atoms with E-state index in [0.717, 1.165) is 32.4 Å². The molecular weight excluding hydrogens is 302 g/mol. The van der Waals surface area contributed by atoms with Gasteiger partial charge in [0.2, 0.25) is 0 Å². The van der Waals surface area contributed by atoms with Gasteiger partial charge < -0.3 is 15.5 Å². The molecule has 1 saturated carbocycles. The number of carbonyl (C=O) groups excluding carboxylic acids is 2. The normalized spacial score (nSPS) is 23.8. The molecular formula is C19H27N3O2. The number of carbonyl (C=O) groups is 2. The Morgan fingerprint density at radius 2 is 1.67 bits per heavy atom. The first-order chi connectivity index (χ1) is 11.6. The fourth-order valence-electron chi connectivity index (χ4n) is 3.67. The Labute approximate surface area is 143 Å². The number of hydrogen-bond donors (Lipinski definition) is 2. The van der Waals surface area contributed by atoms with Gasteiger partial charge in [-0.2, -0.15) is 0 Å². The van der Waals surface area contributed by atoms with Crippen LogP contribution in [0.2, 0.25) is 0 Å². The van der Waals surface area contributed by atoms with E-state index in [1.54, 1.807) is 24.3 Å². The van der Waals surface area contributed by atoms with E-state index in [-0.39, 0.29) is 18.0 Å². The Morgan fingerprint density at radius 3 is 2.33 bits per heavy atom. The van der Waals surface area contributed by atoms with Gasteiger partial charge in [-0.25, -0.2) is 4.79 Å². The standard InChI is InChI=1S/C19H27N3O2/c1-14-6-2-3-7-17(14)21-19(24)20-16-10-8-15(9-11-16)18(23)22-12-4-5-13-22/h8-11,14,17H,2-7,12-13H2,1H3,(H2,20,21,24). The fraction of sp³-hybridized carbons (Fsp3) is 0.579. The van der Waals surface area contributed by atoms with Crippen molar-refractivity contribution >= 4 is 17.6 Å². The molecule has 2 fully saturated rings. The van der Waals surface area contributed by atoms with Crippen LogP contribution < -0.4 is 10.6 Å². The maximum absolute atomic E-state index is 12.3. The van der Waals surface area contributed by atoms with E-state index in [1.807, 2.05) is 4.90 Å². The van der Waals surface area contributed by atoms with E-state index >= 15 is 0 Å². The second kappa shape index (κ2) is 7.69. The van der Waals surface area contributed by atoms with Crippen molar-refractivity contribution in [1.82, 2.24) is 10.2 Å². The highest BCUT2D eigenvalue weighted by Gasteiger charge is 2.23. The van der Waals surface area contributed by atoms with E-state index in [9.17, 15) is 9.59 Å². The van der Waals surface area contributed by atoms with E-state index in [0.29, 0.717) is 17.2 Å². The topological polar surface area (TPSA) is 61.4 Å². The van der Waals surface area contributed by atoms with Crippen molar-refractivity contribution in [3.63, 3.8) is 0 Å². The largest absolute Gasteiger partial charge is 0.339 e. The second-order valence-electron chi connectivity index (χ2n) is 7.04. The summed E-state index contributed by atoms with van der Waals surface area (Å²) < 4.78 is 0. The van der Waals surface area contributed by atoms with Crippen molar-refractivity contribution < 1.29 is 9.59 Å². The molecule has 2 N–H and O–H groups in total. The summed E-state index contributed by atoms with van der Waals surface area (Å²) in [5, 5.41) is 5.94. The number of urea groups is 1. The third kappa shape index (κ3) is 4.08. The van der Waals surface area contributed by atoms with Gasteiger partial charge in [-0.15, -0.1) is 0 Å². The smallest absolute Gasteiger partial charge is 0.319 e. The SMILES string of the molecule is CC1CCCCC1NC(=O)Nc1ccc(C(=O)N2CCCC2)cc1. The van der Waals surface area contributed by atoms with Gasteiger partial charge in [0, 0.05) is 30.4 Å². The predicted molar refractivity (Wildman–Crippen MR) is 95.2 cm³/mol. The predicted octanol–water partition coefficient (Wildman–Crippen LogP) is 3.62. The molecule has 1 heterocycles. The number of likely N-dealkylation sites (tertiary alicyclic amines) is 1. The average Bonchev–Trinajstić information content (AvgIpc) is 3.11. The molecule has 130 valence electrons. The molecule has 0 bridgehead atoms. The lowest BCUT2D eigenvalue weighted by molar-refractivity contribution is 0.0793. The van der Waals surface area contributed by atoms with Crippen LogP contribution in [-0.2, 0) is 0 Å². The molecule has 2 unspecified atom stereocenters. The van der Waals surface area contributed by atoms with Crippen molar-refractivity contribution in [2.75, 3.05) is 18.4 Å². The molecule has 0 aromatic heterocycles. The number of amides is 3. The highest BCUT2D eigenvalue weighted by Crippen LogP contribution is 2.23. The summed E-state index contributed by atoms with van der Waals surface area (Å²) in [6.07, 6.45) is 6.85. The van der Waals surface area contributed by atoms with Gasteiger partial charge in [-0.05, 0) is 55.9 Å². The highest BCUT2D eigenvalue weighted by atomic mass is 16.2. The van der Waals surface area contributed by atoms with Gasteiger partial charge in [-0.1, -0.05) is 19.8 Å². The molecule has 0 spiro atoms. The first-order valence-corrected chi connectivity index (χ1v) is 9.10. The Hall–Kier alpha value is -2.04. The number of benzene rings is 1. The molecule has 24 heavy (non-hydrogen) atoms. The van der Waals surface area contributed by atoms with Crippen LogP contribution in [0.3, 0.4) is 0 Å². The minimum Gasteiger partial charge on any atom is -0.339 e. The van der Waals surface area contributed by atoms with E-state index in [1.165, 1.54) is 19.3 Å². The maximum atomic E-state index is 12.3. The van der Waals surface area contributed by atoms with Crippen LogP contribution in [0.5, 0.6) is 0 Å². The third-order valence-electron chi connectivity index (χ3n) is 5.21. The minimum absolute atomic E-state index is 0.0829. The summed E-state index contributed by atoms with van der Waals surface area (Å²) in [6, 6.07) is 7.28. The first-order valence-electron chi connectivity index (χ1n) is 9.10. The molecule has 2 atom stereocenters. The highest BCUT2D eigenvalue weighted by molar-refractivity contribution is 5.95. The lowest BCUT2D eigenvalue weighted by Gasteiger charge is -2.29. The van der Waals surface area contributed by atoms with Crippen LogP contribution in [0.4, 0.5) is 10.5 Å². The van der Waals surface area contributed by atoms with Crippen molar-refractivity contribution in [1.29, 1.82) is 0 Å². The van der Waals surface area contributed by atoms with Crippen LogP contribution in [0.15, 0.2) is 24.3 Å². The fourth-order valence-corrected chi connectivity index (χ4v) is 3.67. The summed E-state index contributed by atoms with van der Waals surface area (Å²) >= 11 is 0. The van der Waals surface area contributed by atoms with E-state index < -0.39 is 0 Å². The number of anilines is 1. The second-order valence-corrected chi connectivity index (χ2v) is 7.04. The zero-order valence-corrected chi connectivity index (χ0v) is 14.4. The summed E-state index contributed by atoms with van der Waals surface area (Å²) in [4.78, 5) is 26.4. The van der Waals surface area contributed by atoms with E-state index in [4.69, 9.17) is 0 Å². The molecule has 1 aliphatic carbocycles. The zero-order chi connectivity index (χ0) is 16.9. The van der Waals surface area contributed by atoms with Gasteiger partial charge >= 0.3 is 6.03 Å². The van der Waals surface area contributed by atoms with Crippen molar-refractivity contribution in [2.45, 2.75) is 51.5 Å². The maximum Gasteiger partial charge on any atom is 0.319 e. The zero-order valence-electron chi connectivity index (χ0n) is 14.4. The Kier molecular flexibility index (Phi) is 5.38. The molecule has 3 amide bonds. The lowest BCUT2D eigenvalue weighted by Crippen LogP contribution is -2.43. The lowest BCUT2D eigenvalue weighted by atomic mass is 9.86. The number of nitrogens with zero attached hydrogens (tertiary/aromatic N) is 1. The summed E-state index contributed by atoms with van der Waals surface area (Å²) in [5.74, 6) is 0.615. The van der Waals surface area contributed by atoms with Gasteiger partial charge in [-0.3, -0.25) is 4.79 Å². The van der Waals surface area contributed by atoms with Crippen molar-refractivity contribution in [2.24, 2.45) is 5.92 Å². The van der Waals surface area contributed by atoms with Crippen LogP contribution in [0.25, 0.3) is 0 Å². The van der Waals surface area contributed by atoms with Gasteiger partial charge in [0.25, 0.3) is 5.91 Å².